The van der Waals surface area contributed by atoms with Crippen LogP contribution in [0.1, 0.15) is 52.0 Å². The minimum absolute atomic E-state index is 0.414. The Hall–Kier alpha value is -0.340. The molecule has 1 N–H and O–H groups in total. The predicted molar refractivity (Wildman–Crippen MR) is 86.2 cm³/mol. The lowest BCUT2D eigenvalue weighted by atomic mass is 9.69. The minimum atomic E-state index is 0.414. The van der Waals surface area contributed by atoms with Crippen LogP contribution in [0.3, 0.4) is 0 Å². The third kappa shape index (κ3) is 4.32. The first kappa shape index (κ1) is 15.1. The summed E-state index contributed by atoms with van der Waals surface area (Å²) in [5.41, 5.74) is 1.79. The lowest BCUT2D eigenvalue weighted by Crippen LogP contribution is -2.43. The van der Waals surface area contributed by atoms with E-state index in [4.69, 9.17) is 0 Å². The maximum atomic E-state index is 3.80. The van der Waals surface area contributed by atoms with E-state index in [9.17, 15) is 0 Å². The SMILES string of the molecule is CC(C)(C)C1CCCCC1NCc1ccc(Br)cc1. The van der Waals surface area contributed by atoms with Crippen LogP contribution in [0.5, 0.6) is 0 Å². The minimum Gasteiger partial charge on any atom is -0.310 e. The maximum Gasteiger partial charge on any atom is 0.0208 e. The van der Waals surface area contributed by atoms with Gasteiger partial charge in [-0.25, -0.2) is 0 Å². The summed E-state index contributed by atoms with van der Waals surface area (Å²) in [4.78, 5) is 0. The van der Waals surface area contributed by atoms with Gasteiger partial charge in [0, 0.05) is 17.1 Å². The van der Waals surface area contributed by atoms with Gasteiger partial charge in [0.25, 0.3) is 0 Å². The van der Waals surface area contributed by atoms with Crippen molar-refractivity contribution < 1.29 is 0 Å². The molecule has 1 aromatic carbocycles. The van der Waals surface area contributed by atoms with Crippen molar-refractivity contribution in [1.82, 2.24) is 5.32 Å². The fourth-order valence-corrected chi connectivity index (χ4v) is 3.53. The van der Waals surface area contributed by atoms with Crippen LogP contribution < -0.4 is 5.32 Å². The van der Waals surface area contributed by atoms with Crippen molar-refractivity contribution in [2.75, 3.05) is 0 Å². The molecule has 0 amide bonds. The van der Waals surface area contributed by atoms with Crippen molar-refractivity contribution in [3.8, 4) is 0 Å². The molecular weight excluding hydrogens is 298 g/mol. The molecule has 19 heavy (non-hydrogen) atoms. The second kappa shape index (κ2) is 6.41. The molecule has 2 unspecified atom stereocenters. The van der Waals surface area contributed by atoms with Crippen LogP contribution >= 0.6 is 15.9 Å². The topological polar surface area (TPSA) is 12.0 Å². The van der Waals surface area contributed by atoms with Gasteiger partial charge in [-0.3, -0.25) is 0 Å². The lowest BCUT2D eigenvalue weighted by molar-refractivity contribution is 0.130. The lowest BCUT2D eigenvalue weighted by Gasteiger charge is -2.41. The van der Waals surface area contributed by atoms with Gasteiger partial charge in [0.1, 0.15) is 0 Å². The fraction of sp³-hybridized carbons (Fsp3) is 0.647. The number of benzene rings is 1. The zero-order valence-electron chi connectivity index (χ0n) is 12.4. The van der Waals surface area contributed by atoms with Crippen molar-refractivity contribution in [2.24, 2.45) is 11.3 Å². The van der Waals surface area contributed by atoms with E-state index < -0.39 is 0 Å². The van der Waals surface area contributed by atoms with Crippen LogP contribution in [0, 0.1) is 11.3 Å². The summed E-state index contributed by atoms with van der Waals surface area (Å²) in [6.07, 6.45) is 5.49. The highest BCUT2D eigenvalue weighted by molar-refractivity contribution is 9.10. The molecule has 0 bridgehead atoms. The normalized spacial score (nSPS) is 24.4. The molecule has 2 heteroatoms. The van der Waals surface area contributed by atoms with Crippen molar-refractivity contribution >= 4 is 15.9 Å². The Bertz CT molecular complexity index is 391. The van der Waals surface area contributed by atoms with E-state index in [2.05, 4.69) is 66.3 Å². The molecule has 0 radical (unpaired) electrons. The second-order valence-electron chi connectivity index (χ2n) is 6.87. The molecule has 1 aromatic rings. The average Bonchev–Trinajstić information content (AvgIpc) is 2.37. The van der Waals surface area contributed by atoms with Crippen LogP contribution in [0.25, 0.3) is 0 Å². The second-order valence-corrected chi connectivity index (χ2v) is 7.79. The molecule has 1 nitrogen and oxygen atoms in total. The number of halogens is 1. The van der Waals surface area contributed by atoms with Crippen LogP contribution in [-0.4, -0.2) is 6.04 Å². The van der Waals surface area contributed by atoms with Crippen LogP contribution in [0.15, 0.2) is 28.7 Å². The zero-order chi connectivity index (χ0) is 13.9. The Morgan fingerprint density at radius 3 is 2.37 bits per heavy atom. The summed E-state index contributed by atoms with van der Waals surface area (Å²) in [5, 5.41) is 3.80. The standard InChI is InChI=1S/C17H26BrN/c1-17(2,3)15-6-4-5-7-16(15)19-12-13-8-10-14(18)11-9-13/h8-11,15-16,19H,4-7,12H2,1-3H3. The fourth-order valence-electron chi connectivity index (χ4n) is 3.26. The van der Waals surface area contributed by atoms with Crippen LogP contribution in [-0.2, 0) is 6.54 Å². The highest BCUT2D eigenvalue weighted by Gasteiger charge is 2.33. The first-order valence-electron chi connectivity index (χ1n) is 7.44. The van der Waals surface area contributed by atoms with E-state index in [0.717, 1.165) is 16.9 Å². The Morgan fingerprint density at radius 2 is 1.74 bits per heavy atom. The van der Waals surface area contributed by atoms with Gasteiger partial charge in [0.05, 0.1) is 0 Å². The molecule has 0 aromatic heterocycles. The van der Waals surface area contributed by atoms with Crippen molar-refractivity contribution in [3.05, 3.63) is 34.3 Å². The number of nitrogens with one attached hydrogen (secondary N) is 1. The molecule has 1 aliphatic carbocycles. The van der Waals surface area contributed by atoms with Gasteiger partial charge in [-0.2, -0.15) is 0 Å². The van der Waals surface area contributed by atoms with Gasteiger partial charge in [-0.15, -0.1) is 0 Å². The van der Waals surface area contributed by atoms with Gasteiger partial charge in [-0.1, -0.05) is 61.7 Å². The molecule has 0 aliphatic heterocycles. The Labute approximate surface area is 126 Å². The summed E-state index contributed by atoms with van der Waals surface area (Å²) in [6, 6.07) is 9.33. The Morgan fingerprint density at radius 1 is 1.11 bits per heavy atom. The first-order chi connectivity index (χ1) is 8.97. The molecular formula is C17H26BrN. The molecule has 0 spiro atoms. The molecule has 2 rings (SSSR count). The quantitative estimate of drug-likeness (QED) is 0.811. The maximum absolute atomic E-state index is 3.80. The van der Waals surface area contributed by atoms with E-state index in [0.29, 0.717) is 11.5 Å². The van der Waals surface area contributed by atoms with Gasteiger partial charge in [0.15, 0.2) is 0 Å². The first-order valence-corrected chi connectivity index (χ1v) is 8.24. The molecule has 0 saturated heterocycles. The largest absolute Gasteiger partial charge is 0.310 e. The summed E-state index contributed by atoms with van der Waals surface area (Å²) < 4.78 is 1.15. The summed E-state index contributed by atoms with van der Waals surface area (Å²) >= 11 is 3.49. The Balaban J connectivity index is 1.94. The molecule has 1 fully saturated rings. The summed E-state index contributed by atoms with van der Waals surface area (Å²) in [5.74, 6) is 0.802. The molecule has 1 saturated carbocycles. The highest BCUT2D eigenvalue weighted by atomic mass is 79.9. The molecule has 2 atom stereocenters. The zero-order valence-corrected chi connectivity index (χ0v) is 14.0. The highest BCUT2D eigenvalue weighted by Crippen LogP contribution is 2.38. The monoisotopic (exact) mass is 323 g/mol. The van der Waals surface area contributed by atoms with Crippen molar-refractivity contribution in [3.63, 3.8) is 0 Å². The van der Waals surface area contributed by atoms with Gasteiger partial charge in [-0.05, 0) is 41.9 Å². The van der Waals surface area contributed by atoms with Gasteiger partial charge >= 0.3 is 0 Å². The van der Waals surface area contributed by atoms with E-state index in [-0.39, 0.29) is 0 Å². The van der Waals surface area contributed by atoms with Crippen LogP contribution in [0.2, 0.25) is 0 Å². The molecule has 1 aliphatic rings. The smallest absolute Gasteiger partial charge is 0.0208 e. The number of rotatable bonds is 3. The molecule has 106 valence electrons. The summed E-state index contributed by atoms with van der Waals surface area (Å²) in [6.45, 7) is 8.15. The Kier molecular flexibility index (Phi) is 5.08. The molecule has 0 heterocycles. The van der Waals surface area contributed by atoms with E-state index >= 15 is 0 Å². The van der Waals surface area contributed by atoms with E-state index in [1.807, 2.05) is 0 Å². The average molecular weight is 324 g/mol. The van der Waals surface area contributed by atoms with E-state index in [1.54, 1.807) is 0 Å². The van der Waals surface area contributed by atoms with Crippen LogP contribution in [0.4, 0.5) is 0 Å². The summed E-state index contributed by atoms with van der Waals surface area (Å²) in [7, 11) is 0. The van der Waals surface area contributed by atoms with E-state index in [1.165, 1.54) is 31.2 Å². The third-order valence-electron chi connectivity index (χ3n) is 4.36. The predicted octanol–water partition coefficient (Wildman–Crippen LogP) is 5.14. The van der Waals surface area contributed by atoms with Crippen molar-refractivity contribution in [1.29, 1.82) is 0 Å². The van der Waals surface area contributed by atoms with Gasteiger partial charge in [0.2, 0.25) is 0 Å². The number of hydrogen-bond donors (Lipinski definition) is 1. The number of hydrogen-bond acceptors (Lipinski definition) is 1. The third-order valence-corrected chi connectivity index (χ3v) is 4.89. The van der Waals surface area contributed by atoms with Gasteiger partial charge < -0.3 is 5.32 Å². The van der Waals surface area contributed by atoms with Crippen molar-refractivity contribution in [2.45, 2.75) is 59.0 Å².